The van der Waals surface area contributed by atoms with Gasteiger partial charge in [0.1, 0.15) is 5.52 Å². The van der Waals surface area contributed by atoms with Crippen LogP contribution >= 0.6 is 0 Å². The van der Waals surface area contributed by atoms with E-state index in [1.165, 1.54) is 57.2 Å². The lowest BCUT2D eigenvalue weighted by Gasteiger charge is -2.36. The number of amidine groups is 1. The number of nitrogens with one attached hydrogen (secondary N) is 3. The van der Waals surface area contributed by atoms with Crippen LogP contribution in [0.3, 0.4) is 0 Å². The first-order valence-corrected chi connectivity index (χ1v) is 11.4. The minimum absolute atomic E-state index is 0.622. The van der Waals surface area contributed by atoms with Crippen LogP contribution in [-0.2, 0) is 0 Å². The number of likely N-dealkylation sites (tertiary alicyclic amines) is 1. The Hall–Kier alpha value is -2.90. The molecule has 3 N–H and O–H groups in total. The van der Waals surface area contributed by atoms with E-state index < -0.39 is 0 Å². The van der Waals surface area contributed by atoms with Crippen LogP contribution in [0.1, 0.15) is 55.6 Å². The van der Waals surface area contributed by atoms with E-state index in [0.717, 1.165) is 39.7 Å². The van der Waals surface area contributed by atoms with Gasteiger partial charge in [0.25, 0.3) is 0 Å². The van der Waals surface area contributed by atoms with Crippen LogP contribution in [0.25, 0.3) is 22.2 Å². The number of aromatic nitrogens is 1. The Morgan fingerprint density at radius 1 is 0.935 bits per heavy atom. The fourth-order valence-electron chi connectivity index (χ4n) is 5.43. The highest BCUT2D eigenvalue weighted by atomic mass is 16.5. The Bertz CT molecular complexity index is 1110. The molecule has 3 aromatic rings. The molecule has 0 amide bonds. The summed E-state index contributed by atoms with van der Waals surface area (Å²) in [5.41, 5.74) is 12.8. The van der Waals surface area contributed by atoms with Crippen LogP contribution in [0.2, 0.25) is 0 Å². The van der Waals surface area contributed by atoms with Crippen LogP contribution in [0.4, 0.5) is 0 Å². The third kappa shape index (κ3) is 3.58. The molecule has 31 heavy (non-hydrogen) atoms. The molecule has 1 aromatic heterocycles. The summed E-state index contributed by atoms with van der Waals surface area (Å²) < 4.78 is 5.80. The van der Waals surface area contributed by atoms with Gasteiger partial charge in [0, 0.05) is 17.2 Å². The molecule has 7 heteroatoms. The molecule has 0 radical (unpaired) electrons. The number of rotatable bonds is 4. The second-order valence-electron chi connectivity index (χ2n) is 8.94. The van der Waals surface area contributed by atoms with Gasteiger partial charge in [0.15, 0.2) is 11.6 Å². The molecule has 3 aliphatic rings. The zero-order chi connectivity index (χ0) is 20.6. The van der Waals surface area contributed by atoms with Gasteiger partial charge in [-0.05, 0) is 74.5 Å². The molecule has 0 bridgehead atoms. The summed E-state index contributed by atoms with van der Waals surface area (Å²) in [4.78, 5) is 2.74. The second kappa shape index (κ2) is 7.98. The maximum Gasteiger partial charge on any atom is 0.174 e. The molecule has 0 atom stereocenters. The van der Waals surface area contributed by atoms with E-state index in [2.05, 4.69) is 62.0 Å². The molecule has 0 spiro atoms. The fraction of sp³-hybridized carbons (Fsp3) is 0.417. The van der Waals surface area contributed by atoms with Crippen LogP contribution in [0.15, 0.2) is 52.1 Å². The Kier molecular flexibility index (Phi) is 4.85. The van der Waals surface area contributed by atoms with Gasteiger partial charge >= 0.3 is 0 Å². The molecule has 2 aromatic carbocycles. The van der Waals surface area contributed by atoms with Crippen molar-refractivity contribution in [3.05, 3.63) is 53.6 Å². The highest BCUT2D eigenvalue weighted by Crippen LogP contribution is 2.35. The van der Waals surface area contributed by atoms with E-state index in [-0.39, 0.29) is 0 Å². The van der Waals surface area contributed by atoms with Crippen molar-refractivity contribution in [3.63, 3.8) is 0 Å². The Morgan fingerprint density at radius 3 is 2.61 bits per heavy atom. The second-order valence-corrected chi connectivity index (χ2v) is 8.94. The van der Waals surface area contributed by atoms with E-state index >= 15 is 0 Å². The first-order valence-electron chi connectivity index (χ1n) is 11.4. The third-order valence-corrected chi connectivity index (χ3v) is 7.15. The van der Waals surface area contributed by atoms with Crippen LogP contribution in [0, 0.1) is 0 Å². The van der Waals surface area contributed by atoms with Gasteiger partial charge in [-0.15, -0.1) is 10.6 Å². The van der Waals surface area contributed by atoms with Crippen LogP contribution < -0.4 is 16.5 Å². The summed E-state index contributed by atoms with van der Waals surface area (Å²) in [7, 11) is 0. The fourth-order valence-corrected chi connectivity index (χ4v) is 5.43. The Balaban J connectivity index is 1.25. The van der Waals surface area contributed by atoms with Gasteiger partial charge in [0.05, 0.1) is 5.39 Å². The summed E-state index contributed by atoms with van der Waals surface area (Å²) in [5, 5.41) is 9.49. The smallest absolute Gasteiger partial charge is 0.174 e. The molecule has 6 rings (SSSR count). The van der Waals surface area contributed by atoms with Gasteiger partial charge in [-0.25, -0.2) is 5.53 Å². The first kappa shape index (κ1) is 18.8. The zero-order valence-electron chi connectivity index (χ0n) is 17.6. The van der Waals surface area contributed by atoms with E-state index in [4.69, 9.17) is 4.52 Å². The van der Waals surface area contributed by atoms with Crippen molar-refractivity contribution in [2.24, 2.45) is 5.10 Å². The van der Waals surface area contributed by atoms with Crippen molar-refractivity contribution in [2.45, 2.75) is 50.5 Å². The number of piperidine rings is 1. The predicted molar refractivity (Wildman–Crippen MR) is 121 cm³/mol. The number of hydrogen-bond acceptors (Lipinski definition) is 7. The monoisotopic (exact) mass is 416 g/mol. The molecule has 2 aliphatic heterocycles. The summed E-state index contributed by atoms with van der Waals surface area (Å²) in [6, 6.07) is 15.7. The van der Waals surface area contributed by atoms with Crippen LogP contribution in [0.5, 0.6) is 0 Å². The Labute approximate surface area is 181 Å². The van der Waals surface area contributed by atoms with E-state index in [9.17, 15) is 0 Å². The third-order valence-electron chi connectivity index (χ3n) is 7.15. The number of hydrogen-bond donors (Lipinski definition) is 3. The summed E-state index contributed by atoms with van der Waals surface area (Å²) in [6.45, 7) is 2.46. The average Bonchev–Trinajstić information content (AvgIpc) is 3.61. The van der Waals surface area contributed by atoms with Crippen molar-refractivity contribution in [2.75, 3.05) is 13.1 Å². The summed E-state index contributed by atoms with van der Waals surface area (Å²) >= 11 is 0. The molecule has 3 heterocycles. The van der Waals surface area contributed by atoms with Crippen molar-refractivity contribution in [1.82, 2.24) is 26.6 Å². The van der Waals surface area contributed by atoms with Crippen molar-refractivity contribution in [3.8, 4) is 11.3 Å². The van der Waals surface area contributed by atoms with Crippen molar-refractivity contribution >= 4 is 16.7 Å². The molecule has 1 aliphatic carbocycles. The van der Waals surface area contributed by atoms with Gasteiger partial charge in [-0.3, -0.25) is 5.43 Å². The highest BCUT2D eigenvalue weighted by Gasteiger charge is 2.28. The van der Waals surface area contributed by atoms with E-state index in [0.29, 0.717) is 5.92 Å². The number of hydrazine groups is 2. The lowest BCUT2D eigenvalue weighted by molar-refractivity contribution is 0.154. The average molecular weight is 417 g/mol. The topological polar surface area (TPSA) is 77.7 Å². The first-order chi connectivity index (χ1) is 15.3. The molecule has 1 saturated carbocycles. The Morgan fingerprint density at radius 2 is 1.81 bits per heavy atom. The normalized spacial score (nSPS) is 20.7. The number of hydrazone groups is 1. The molecule has 2 fully saturated rings. The van der Waals surface area contributed by atoms with Gasteiger partial charge in [0.2, 0.25) is 0 Å². The van der Waals surface area contributed by atoms with E-state index in [1.54, 1.807) is 0 Å². The minimum Gasteiger partial charge on any atom is -0.355 e. The lowest BCUT2D eigenvalue weighted by atomic mass is 9.87. The molecule has 160 valence electrons. The largest absolute Gasteiger partial charge is 0.355 e. The van der Waals surface area contributed by atoms with Gasteiger partial charge < -0.3 is 9.42 Å². The standard InChI is InChI=1S/C24H28N6O/c1-2-7-20(6-1)30-12-10-16(11-13-30)17-4-3-5-18(14-17)23-21-15-19(24-25-28-29-26-24)8-9-22(21)27-31-23/h3-5,8-9,14-16,20,28-29H,1-2,6-7,10-13H2,(H,25,26). The molecular weight excluding hydrogens is 388 g/mol. The van der Waals surface area contributed by atoms with E-state index in [1.807, 2.05) is 12.1 Å². The predicted octanol–water partition coefficient (Wildman–Crippen LogP) is 3.89. The highest BCUT2D eigenvalue weighted by molar-refractivity contribution is 6.03. The zero-order valence-corrected chi connectivity index (χ0v) is 17.6. The van der Waals surface area contributed by atoms with Crippen molar-refractivity contribution < 1.29 is 4.52 Å². The molecule has 0 unspecified atom stereocenters. The minimum atomic E-state index is 0.622. The number of benzene rings is 2. The number of fused-ring (bicyclic) bond motifs is 1. The SMILES string of the molecule is c1cc(-c2onc3ccc(C4=NNNN4)cc23)cc(C2CCN(C3CCCC3)CC2)c1. The maximum atomic E-state index is 5.80. The number of nitrogens with zero attached hydrogens (tertiary/aromatic N) is 3. The quantitative estimate of drug-likeness (QED) is 0.599. The van der Waals surface area contributed by atoms with Crippen molar-refractivity contribution in [1.29, 1.82) is 0 Å². The molecule has 1 saturated heterocycles. The van der Waals surface area contributed by atoms with Gasteiger partial charge in [-0.1, -0.05) is 36.2 Å². The summed E-state index contributed by atoms with van der Waals surface area (Å²) in [5.74, 6) is 2.19. The van der Waals surface area contributed by atoms with Gasteiger partial charge in [-0.2, -0.15) is 0 Å². The van der Waals surface area contributed by atoms with Crippen LogP contribution in [-0.4, -0.2) is 35.0 Å². The lowest BCUT2D eigenvalue weighted by Crippen LogP contribution is -2.39. The molecular formula is C24H28N6O. The summed E-state index contributed by atoms with van der Waals surface area (Å²) in [6.07, 6.45) is 8.11. The maximum absolute atomic E-state index is 5.80. The molecule has 7 nitrogen and oxygen atoms in total.